The van der Waals surface area contributed by atoms with Gasteiger partial charge in [0.25, 0.3) is 0 Å². The zero-order valence-electron chi connectivity index (χ0n) is 11.2. The highest BCUT2D eigenvalue weighted by atomic mass is 35.5. The van der Waals surface area contributed by atoms with Crippen LogP contribution in [0.3, 0.4) is 0 Å². The van der Waals surface area contributed by atoms with Gasteiger partial charge in [-0.1, -0.05) is 12.1 Å². The summed E-state index contributed by atoms with van der Waals surface area (Å²) in [4.78, 5) is 22.6. The van der Waals surface area contributed by atoms with Crippen LogP contribution in [0.1, 0.15) is 24.8 Å². The number of hydrogen-bond donors (Lipinski definition) is 2. The summed E-state index contributed by atoms with van der Waals surface area (Å²) in [7, 11) is 0. The second-order valence-corrected chi connectivity index (χ2v) is 6.64. The summed E-state index contributed by atoms with van der Waals surface area (Å²) in [5.41, 5.74) is 5.19. The van der Waals surface area contributed by atoms with Gasteiger partial charge in [0.1, 0.15) is 4.87 Å². The van der Waals surface area contributed by atoms with E-state index >= 15 is 0 Å². The summed E-state index contributed by atoms with van der Waals surface area (Å²) in [6.45, 7) is 0. The molecule has 21 heavy (non-hydrogen) atoms. The van der Waals surface area contributed by atoms with Gasteiger partial charge in [-0.2, -0.15) is 5.10 Å². The molecule has 0 bridgehead atoms. The molecule has 2 aliphatic carbocycles. The van der Waals surface area contributed by atoms with Crippen molar-refractivity contribution in [3.8, 4) is 0 Å². The fourth-order valence-electron chi connectivity index (χ4n) is 2.65. The Labute approximate surface area is 126 Å². The molecular formula is C15H14ClN3O2. The number of fused-ring (bicyclic) bond motifs is 1. The van der Waals surface area contributed by atoms with E-state index in [-0.39, 0.29) is 23.7 Å². The van der Waals surface area contributed by atoms with Crippen molar-refractivity contribution in [3.05, 3.63) is 29.8 Å². The quantitative estimate of drug-likeness (QED) is 0.837. The number of carbonyl (C=O) groups excluding carboxylic acids is 2. The fourth-order valence-corrected chi connectivity index (χ4v) is 2.79. The molecule has 3 aliphatic rings. The minimum atomic E-state index is -0.697. The third kappa shape index (κ3) is 2.21. The van der Waals surface area contributed by atoms with E-state index in [4.69, 9.17) is 11.6 Å². The number of carbonyl (C=O) groups is 2. The summed E-state index contributed by atoms with van der Waals surface area (Å²) >= 11 is 6.06. The Kier molecular flexibility index (Phi) is 2.63. The normalized spacial score (nSPS) is 28.0. The monoisotopic (exact) mass is 303 g/mol. The molecule has 5 nitrogen and oxygen atoms in total. The summed E-state index contributed by atoms with van der Waals surface area (Å²) in [6.07, 6.45) is 2.34. The number of rotatable bonds is 3. The van der Waals surface area contributed by atoms with E-state index < -0.39 is 4.87 Å². The minimum Gasteiger partial charge on any atom is -0.325 e. The number of benzene rings is 1. The third-order valence-electron chi connectivity index (χ3n) is 4.30. The first-order valence-corrected chi connectivity index (χ1v) is 7.43. The molecule has 0 aromatic heterocycles. The van der Waals surface area contributed by atoms with Gasteiger partial charge in [0.15, 0.2) is 0 Å². The highest BCUT2D eigenvalue weighted by molar-refractivity contribution is 6.38. The van der Waals surface area contributed by atoms with Crippen LogP contribution in [0.15, 0.2) is 29.4 Å². The van der Waals surface area contributed by atoms with Crippen LogP contribution in [0.2, 0.25) is 0 Å². The fraction of sp³-hybridized carbons (Fsp3) is 0.400. The Hall–Kier alpha value is -1.88. The van der Waals surface area contributed by atoms with Crippen LogP contribution in [0.25, 0.3) is 0 Å². The van der Waals surface area contributed by atoms with Crippen molar-refractivity contribution in [2.45, 2.75) is 24.1 Å². The maximum Gasteiger partial charge on any atom is 0.245 e. The Morgan fingerprint density at radius 3 is 2.67 bits per heavy atom. The van der Waals surface area contributed by atoms with Gasteiger partial charge in [-0.15, -0.1) is 11.6 Å². The van der Waals surface area contributed by atoms with Crippen LogP contribution < -0.4 is 10.7 Å². The summed E-state index contributed by atoms with van der Waals surface area (Å²) in [5.74, 6) is 0.213. The van der Waals surface area contributed by atoms with Crippen molar-refractivity contribution in [1.29, 1.82) is 0 Å². The van der Waals surface area contributed by atoms with Crippen molar-refractivity contribution < 1.29 is 9.59 Å². The maximum absolute atomic E-state index is 11.9. The lowest BCUT2D eigenvalue weighted by Crippen LogP contribution is -2.28. The SMILES string of the molecule is O=C1NN=C(c2ccc(NC(=O)C3(Cl)CC3)cc2)C2CC12. The van der Waals surface area contributed by atoms with Crippen LogP contribution >= 0.6 is 11.6 Å². The Morgan fingerprint density at radius 2 is 2.00 bits per heavy atom. The maximum atomic E-state index is 11.9. The van der Waals surface area contributed by atoms with Gasteiger partial charge >= 0.3 is 0 Å². The number of hydrazone groups is 1. The van der Waals surface area contributed by atoms with E-state index in [9.17, 15) is 9.59 Å². The molecule has 6 heteroatoms. The molecule has 1 aromatic rings. The summed E-state index contributed by atoms with van der Waals surface area (Å²) in [6, 6.07) is 7.50. The molecular weight excluding hydrogens is 290 g/mol. The van der Waals surface area contributed by atoms with Crippen molar-refractivity contribution in [1.82, 2.24) is 5.43 Å². The highest BCUT2D eigenvalue weighted by Crippen LogP contribution is 2.44. The first-order valence-electron chi connectivity index (χ1n) is 7.05. The predicted octanol–water partition coefficient (Wildman–Crippen LogP) is 1.87. The van der Waals surface area contributed by atoms with Gasteiger partial charge in [0, 0.05) is 17.5 Å². The zero-order chi connectivity index (χ0) is 14.6. The number of alkyl halides is 1. The first kappa shape index (κ1) is 12.8. The van der Waals surface area contributed by atoms with Crippen molar-refractivity contribution >= 4 is 34.8 Å². The molecule has 2 amide bonds. The molecule has 1 aliphatic heterocycles. The average Bonchev–Trinajstić information content (AvgIpc) is 3.36. The topological polar surface area (TPSA) is 70.6 Å². The Morgan fingerprint density at radius 1 is 1.29 bits per heavy atom. The number of halogens is 1. The molecule has 1 aromatic carbocycles. The Balaban J connectivity index is 1.49. The molecule has 4 rings (SSSR count). The first-order chi connectivity index (χ1) is 10.1. The number of nitrogens with one attached hydrogen (secondary N) is 2. The second kappa shape index (κ2) is 4.31. The molecule has 2 saturated carbocycles. The van der Waals surface area contributed by atoms with E-state index in [1.54, 1.807) is 0 Å². The number of hydrogen-bond acceptors (Lipinski definition) is 3. The van der Waals surface area contributed by atoms with E-state index in [1.807, 2.05) is 24.3 Å². The van der Waals surface area contributed by atoms with Crippen LogP contribution in [0.4, 0.5) is 5.69 Å². The van der Waals surface area contributed by atoms with E-state index in [2.05, 4.69) is 15.8 Å². The molecule has 2 atom stereocenters. The minimum absolute atomic E-state index is 0.0180. The lowest BCUT2D eigenvalue weighted by molar-refractivity contribution is -0.122. The van der Waals surface area contributed by atoms with Gasteiger partial charge in [-0.3, -0.25) is 9.59 Å². The van der Waals surface area contributed by atoms with Gasteiger partial charge in [0.2, 0.25) is 11.8 Å². The molecule has 2 N–H and O–H groups in total. The molecule has 2 unspecified atom stereocenters. The van der Waals surface area contributed by atoms with Crippen molar-refractivity contribution in [3.63, 3.8) is 0 Å². The van der Waals surface area contributed by atoms with Crippen LogP contribution in [-0.2, 0) is 9.59 Å². The second-order valence-electron chi connectivity index (χ2n) is 5.92. The zero-order valence-corrected chi connectivity index (χ0v) is 12.0. The Bertz CT molecular complexity index is 664. The largest absolute Gasteiger partial charge is 0.325 e. The predicted molar refractivity (Wildman–Crippen MR) is 79.2 cm³/mol. The molecule has 108 valence electrons. The summed E-state index contributed by atoms with van der Waals surface area (Å²) in [5, 5.41) is 6.97. The van der Waals surface area contributed by atoms with E-state index in [0.717, 1.165) is 36.2 Å². The van der Waals surface area contributed by atoms with E-state index in [0.29, 0.717) is 0 Å². The number of nitrogens with zero attached hydrogens (tertiary/aromatic N) is 1. The van der Waals surface area contributed by atoms with Gasteiger partial charge in [-0.05, 0) is 37.0 Å². The summed E-state index contributed by atoms with van der Waals surface area (Å²) < 4.78 is 0. The van der Waals surface area contributed by atoms with Crippen molar-refractivity contribution in [2.75, 3.05) is 5.32 Å². The standard InChI is InChI=1S/C15H14ClN3O2/c16-15(5-6-15)14(21)17-9-3-1-8(2-4-9)12-10-7-11(10)13(20)19-18-12/h1-4,10-11H,5-7H2,(H,17,21)(H,19,20). The molecule has 1 heterocycles. The van der Waals surface area contributed by atoms with Gasteiger partial charge < -0.3 is 5.32 Å². The smallest absolute Gasteiger partial charge is 0.245 e. The van der Waals surface area contributed by atoms with Gasteiger partial charge in [-0.25, -0.2) is 5.43 Å². The number of anilines is 1. The van der Waals surface area contributed by atoms with Crippen LogP contribution in [0, 0.1) is 11.8 Å². The van der Waals surface area contributed by atoms with Crippen LogP contribution in [-0.4, -0.2) is 22.4 Å². The number of amides is 2. The molecule has 2 fully saturated rings. The molecule has 0 radical (unpaired) electrons. The third-order valence-corrected chi connectivity index (χ3v) is 4.85. The lowest BCUT2D eigenvalue weighted by atomic mass is 10.0. The molecule has 0 saturated heterocycles. The van der Waals surface area contributed by atoms with E-state index in [1.165, 1.54) is 0 Å². The van der Waals surface area contributed by atoms with Crippen molar-refractivity contribution in [2.24, 2.45) is 16.9 Å². The van der Waals surface area contributed by atoms with Crippen LogP contribution in [0.5, 0.6) is 0 Å². The van der Waals surface area contributed by atoms with Gasteiger partial charge in [0.05, 0.1) is 5.71 Å². The average molecular weight is 304 g/mol. The molecule has 0 spiro atoms. The lowest BCUT2D eigenvalue weighted by Gasteiger charge is -2.13. The highest BCUT2D eigenvalue weighted by Gasteiger charge is 2.49.